The van der Waals surface area contributed by atoms with Gasteiger partial charge in [0.1, 0.15) is 0 Å². The zero-order valence-corrected chi connectivity index (χ0v) is 9.24. The second kappa shape index (κ2) is 4.47. The highest BCUT2D eigenvalue weighted by atomic mass is 15.2. The maximum absolute atomic E-state index is 7.82. The summed E-state index contributed by atoms with van der Waals surface area (Å²) >= 11 is 0. The van der Waals surface area contributed by atoms with E-state index in [-0.39, 0.29) is 0 Å². The van der Waals surface area contributed by atoms with E-state index in [0.29, 0.717) is 0 Å². The molecule has 2 heterocycles. The van der Waals surface area contributed by atoms with Crippen molar-refractivity contribution in [3.8, 4) is 0 Å². The zero-order chi connectivity index (χ0) is 10.7. The van der Waals surface area contributed by atoms with Gasteiger partial charge in [0, 0.05) is 39.2 Å². The topological polar surface area (TPSA) is 44.9 Å². The number of hydrogen-bond acceptors (Lipinski definition) is 2. The molecule has 1 aromatic rings. The molecule has 0 aliphatic carbocycles. The van der Waals surface area contributed by atoms with E-state index in [9.17, 15) is 0 Å². The molecule has 2 rings (SSSR count). The van der Waals surface area contributed by atoms with Crippen molar-refractivity contribution < 1.29 is 0 Å². The van der Waals surface area contributed by atoms with Crippen molar-refractivity contribution in [1.29, 1.82) is 5.41 Å². The summed E-state index contributed by atoms with van der Waals surface area (Å²) in [6, 6.07) is 2.05. The fourth-order valence-electron chi connectivity index (χ4n) is 1.98. The van der Waals surface area contributed by atoms with Crippen molar-refractivity contribution in [2.45, 2.75) is 25.7 Å². The summed E-state index contributed by atoms with van der Waals surface area (Å²) in [5.41, 5.74) is 1.12. The largest absolute Gasteiger partial charge is 0.360 e. The molecular weight excluding hydrogens is 188 g/mol. The molecule has 4 heteroatoms. The van der Waals surface area contributed by atoms with Crippen LogP contribution >= 0.6 is 0 Å². The molecule has 15 heavy (non-hydrogen) atoms. The van der Waals surface area contributed by atoms with Crippen LogP contribution in [0, 0.1) is 5.41 Å². The minimum absolute atomic E-state index is 0.803. The fraction of sp³-hybridized carbons (Fsp3) is 0.636. The van der Waals surface area contributed by atoms with Gasteiger partial charge in [-0.25, -0.2) is 0 Å². The lowest BCUT2D eigenvalue weighted by Crippen LogP contribution is -2.36. The number of nitrogens with one attached hydrogen (secondary N) is 1. The molecule has 0 spiro atoms. The Hall–Kier alpha value is -1.32. The third-order valence-electron chi connectivity index (χ3n) is 2.88. The molecule has 1 aliphatic heterocycles. The summed E-state index contributed by atoms with van der Waals surface area (Å²) < 4.78 is 1.83. The number of likely N-dealkylation sites (tertiary alicyclic amines) is 1. The fourth-order valence-corrected chi connectivity index (χ4v) is 1.98. The summed E-state index contributed by atoms with van der Waals surface area (Å²) in [7, 11) is 1.94. The smallest absolute Gasteiger partial charge is 0.0957 e. The number of hydrogen-bond donors (Lipinski definition) is 1. The van der Waals surface area contributed by atoms with Crippen LogP contribution in [0.15, 0.2) is 12.3 Å². The van der Waals surface area contributed by atoms with Gasteiger partial charge in [0.25, 0.3) is 0 Å². The van der Waals surface area contributed by atoms with Gasteiger partial charge in [0.2, 0.25) is 0 Å². The molecule has 0 bridgehead atoms. The molecule has 0 atom stereocenters. The van der Waals surface area contributed by atoms with Crippen molar-refractivity contribution in [3.05, 3.63) is 18.0 Å². The number of aryl methyl sites for hydroxylation is 1. The van der Waals surface area contributed by atoms with Gasteiger partial charge < -0.3 is 4.90 Å². The Morgan fingerprint density at radius 3 is 3.00 bits per heavy atom. The summed E-state index contributed by atoms with van der Waals surface area (Å²) in [5.74, 6) is 0.803. The SMILES string of the molecule is Cn1ccc(CCN2CCCCC2=N)n1. The molecule has 4 nitrogen and oxygen atoms in total. The van der Waals surface area contributed by atoms with Gasteiger partial charge >= 0.3 is 0 Å². The van der Waals surface area contributed by atoms with E-state index < -0.39 is 0 Å². The molecule has 1 aliphatic rings. The van der Waals surface area contributed by atoms with E-state index in [1.165, 1.54) is 12.8 Å². The van der Waals surface area contributed by atoms with Crippen LogP contribution in [0.4, 0.5) is 0 Å². The maximum Gasteiger partial charge on any atom is 0.0957 e. The molecule has 1 aromatic heterocycles. The van der Waals surface area contributed by atoms with Gasteiger partial charge in [-0.1, -0.05) is 0 Å². The van der Waals surface area contributed by atoms with Crippen LogP contribution in [0.3, 0.4) is 0 Å². The Morgan fingerprint density at radius 1 is 1.47 bits per heavy atom. The predicted molar refractivity (Wildman–Crippen MR) is 60.1 cm³/mol. The Kier molecular flexibility index (Phi) is 3.04. The first-order valence-electron chi connectivity index (χ1n) is 5.56. The van der Waals surface area contributed by atoms with Crippen molar-refractivity contribution >= 4 is 5.84 Å². The highest BCUT2D eigenvalue weighted by Crippen LogP contribution is 2.11. The summed E-state index contributed by atoms with van der Waals surface area (Å²) in [5, 5.41) is 12.2. The molecule has 82 valence electrons. The molecule has 1 saturated heterocycles. The lowest BCUT2D eigenvalue weighted by molar-refractivity contribution is 0.369. The molecule has 0 aromatic carbocycles. The molecular formula is C11H18N4. The average molecular weight is 206 g/mol. The van der Waals surface area contributed by atoms with Crippen molar-refractivity contribution in [1.82, 2.24) is 14.7 Å². The van der Waals surface area contributed by atoms with Gasteiger partial charge in [-0.05, 0) is 18.9 Å². The normalized spacial score (nSPS) is 17.1. The lowest BCUT2D eigenvalue weighted by Gasteiger charge is -2.28. The Morgan fingerprint density at radius 2 is 2.33 bits per heavy atom. The van der Waals surface area contributed by atoms with Crippen LogP contribution in [-0.4, -0.2) is 33.6 Å². The third kappa shape index (κ3) is 2.58. The van der Waals surface area contributed by atoms with Crippen LogP contribution < -0.4 is 0 Å². The van der Waals surface area contributed by atoms with Gasteiger partial charge in [0.15, 0.2) is 0 Å². The van der Waals surface area contributed by atoms with E-state index in [1.54, 1.807) is 0 Å². The predicted octanol–water partition coefficient (Wildman–Crippen LogP) is 1.43. The number of rotatable bonds is 3. The van der Waals surface area contributed by atoms with E-state index in [4.69, 9.17) is 5.41 Å². The molecule has 1 N–H and O–H groups in total. The first-order chi connectivity index (χ1) is 7.25. The quantitative estimate of drug-likeness (QED) is 0.813. The molecule has 1 fully saturated rings. The third-order valence-corrected chi connectivity index (χ3v) is 2.88. The first kappa shape index (κ1) is 10.2. The van der Waals surface area contributed by atoms with Crippen LogP contribution in [-0.2, 0) is 13.5 Å². The standard InChI is InChI=1S/C11H18N4/c1-14-8-5-10(13-14)6-9-15-7-3-2-4-11(15)12/h5,8,12H,2-4,6-7,9H2,1H3. The minimum Gasteiger partial charge on any atom is -0.360 e. The monoisotopic (exact) mass is 206 g/mol. The van der Waals surface area contributed by atoms with E-state index in [1.807, 2.05) is 24.0 Å². The van der Waals surface area contributed by atoms with Gasteiger partial charge in [-0.2, -0.15) is 5.10 Å². The number of piperidine rings is 1. The van der Waals surface area contributed by atoms with Crippen LogP contribution in [0.2, 0.25) is 0 Å². The Balaban J connectivity index is 1.84. The van der Waals surface area contributed by atoms with E-state index in [0.717, 1.165) is 37.5 Å². The zero-order valence-electron chi connectivity index (χ0n) is 9.24. The van der Waals surface area contributed by atoms with Crippen molar-refractivity contribution in [2.75, 3.05) is 13.1 Å². The van der Waals surface area contributed by atoms with Gasteiger partial charge in [0.05, 0.1) is 11.5 Å². The molecule has 0 unspecified atom stereocenters. The summed E-state index contributed by atoms with van der Waals surface area (Å²) in [4.78, 5) is 2.18. The number of nitrogens with zero attached hydrogens (tertiary/aromatic N) is 3. The first-order valence-corrected chi connectivity index (χ1v) is 5.56. The minimum atomic E-state index is 0.803. The molecule has 0 saturated carbocycles. The average Bonchev–Trinajstić information content (AvgIpc) is 2.63. The Bertz CT molecular complexity index is 342. The van der Waals surface area contributed by atoms with Crippen LogP contribution in [0.25, 0.3) is 0 Å². The van der Waals surface area contributed by atoms with Gasteiger partial charge in [-0.15, -0.1) is 0 Å². The van der Waals surface area contributed by atoms with Crippen molar-refractivity contribution in [2.24, 2.45) is 7.05 Å². The number of aromatic nitrogens is 2. The maximum atomic E-state index is 7.82. The lowest BCUT2D eigenvalue weighted by atomic mass is 10.1. The summed E-state index contributed by atoms with van der Waals surface area (Å²) in [6.45, 7) is 1.99. The van der Waals surface area contributed by atoms with Crippen LogP contribution in [0.1, 0.15) is 25.0 Å². The Labute approximate surface area is 90.4 Å². The summed E-state index contributed by atoms with van der Waals surface area (Å²) in [6.07, 6.45) is 6.27. The van der Waals surface area contributed by atoms with Crippen LogP contribution in [0.5, 0.6) is 0 Å². The second-order valence-electron chi connectivity index (χ2n) is 4.12. The number of amidine groups is 1. The highest BCUT2D eigenvalue weighted by Gasteiger charge is 2.14. The van der Waals surface area contributed by atoms with E-state index >= 15 is 0 Å². The van der Waals surface area contributed by atoms with Gasteiger partial charge in [-0.3, -0.25) is 10.1 Å². The van der Waals surface area contributed by atoms with E-state index in [2.05, 4.69) is 10.00 Å². The molecule has 0 amide bonds. The second-order valence-corrected chi connectivity index (χ2v) is 4.12. The molecule has 0 radical (unpaired) electrons. The van der Waals surface area contributed by atoms with Crippen molar-refractivity contribution in [3.63, 3.8) is 0 Å². The highest BCUT2D eigenvalue weighted by molar-refractivity contribution is 5.79.